The number of anilines is 1. The molecule has 3 rings (SSSR count). The summed E-state index contributed by atoms with van der Waals surface area (Å²) in [4.78, 5) is 21.9. The van der Waals surface area contributed by atoms with Crippen LogP contribution in [0.2, 0.25) is 0 Å². The van der Waals surface area contributed by atoms with Crippen LogP contribution >= 0.6 is 11.3 Å². The zero-order valence-electron chi connectivity index (χ0n) is 12.2. The number of hydrogen-bond acceptors (Lipinski definition) is 5. The minimum atomic E-state index is -0.571. The number of carbonyl (C=O) groups is 1. The van der Waals surface area contributed by atoms with Gasteiger partial charge in [-0.2, -0.15) is 0 Å². The van der Waals surface area contributed by atoms with Gasteiger partial charge >= 0.3 is 0 Å². The predicted molar refractivity (Wildman–Crippen MR) is 79.1 cm³/mol. The number of hydrogen-bond donors (Lipinski definition) is 1. The highest BCUT2D eigenvalue weighted by molar-refractivity contribution is 7.15. The van der Waals surface area contributed by atoms with Crippen molar-refractivity contribution in [3.63, 3.8) is 0 Å². The van der Waals surface area contributed by atoms with E-state index in [1.165, 1.54) is 0 Å². The topological polar surface area (TPSA) is 56.7 Å². The lowest BCUT2D eigenvalue weighted by molar-refractivity contribution is -0.136. The van der Waals surface area contributed by atoms with Crippen LogP contribution in [-0.4, -0.2) is 46.6 Å². The zero-order chi connectivity index (χ0) is 14.5. The smallest absolute Gasteiger partial charge is 0.247 e. The van der Waals surface area contributed by atoms with Crippen LogP contribution in [0.4, 0.5) is 5.13 Å². The van der Waals surface area contributed by atoms with Gasteiger partial charge in [0.1, 0.15) is 5.54 Å². The highest BCUT2D eigenvalue weighted by atomic mass is 32.1. The van der Waals surface area contributed by atoms with Gasteiger partial charge in [-0.1, -0.05) is 11.3 Å². The SMILES string of the molecule is CN1CCN(c2nc3c(s2)C(O)CCC3)C(C)(C)C1=O. The van der Waals surface area contributed by atoms with Crippen molar-refractivity contribution in [2.45, 2.75) is 44.8 Å². The largest absolute Gasteiger partial charge is 0.388 e. The standard InChI is InChI=1S/C14H21N3O2S/c1-14(2)12(19)16(3)7-8-17(14)13-15-9-5-4-6-10(18)11(9)20-13/h10,18H,4-8H2,1-3H3. The number of fused-ring (bicyclic) bond motifs is 1. The fourth-order valence-electron chi connectivity index (χ4n) is 3.05. The third-order valence-corrected chi connectivity index (χ3v) is 5.57. The molecular formula is C14H21N3O2S. The number of nitrogens with zero attached hydrogens (tertiary/aromatic N) is 3. The molecule has 1 aliphatic carbocycles. The summed E-state index contributed by atoms with van der Waals surface area (Å²) in [7, 11) is 1.85. The van der Waals surface area contributed by atoms with E-state index in [4.69, 9.17) is 4.98 Å². The lowest BCUT2D eigenvalue weighted by atomic mass is 9.98. The van der Waals surface area contributed by atoms with Crippen LogP contribution in [-0.2, 0) is 11.2 Å². The maximum absolute atomic E-state index is 12.3. The summed E-state index contributed by atoms with van der Waals surface area (Å²) in [5.74, 6) is 0.123. The van der Waals surface area contributed by atoms with Crippen molar-refractivity contribution in [2.24, 2.45) is 0 Å². The molecule has 5 nitrogen and oxygen atoms in total. The number of thiazole rings is 1. The molecule has 0 saturated carbocycles. The number of aliphatic hydroxyl groups excluding tert-OH is 1. The number of likely N-dealkylation sites (N-methyl/N-ethyl adjacent to an activating group) is 1. The summed E-state index contributed by atoms with van der Waals surface area (Å²) in [5, 5.41) is 11.0. The van der Waals surface area contributed by atoms with Crippen molar-refractivity contribution < 1.29 is 9.90 Å². The number of piperazine rings is 1. The van der Waals surface area contributed by atoms with Gasteiger partial charge in [0.15, 0.2) is 5.13 Å². The Labute approximate surface area is 123 Å². The Balaban J connectivity index is 1.95. The lowest BCUT2D eigenvalue weighted by Gasteiger charge is -2.44. The first-order valence-electron chi connectivity index (χ1n) is 7.12. The summed E-state index contributed by atoms with van der Waals surface area (Å²) >= 11 is 1.55. The first-order chi connectivity index (χ1) is 9.41. The fraction of sp³-hybridized carbons (Fsp3) is 0.714. The van der Waals surface area contributed by atoms with Crippen LogP contribution < -0.4 is 4.90 Å². The van der Waals surface area contributed by atoms with Crippen molar-refractivity contribution in [2.75, 3.05) is 25.0 Å². The summed E-state index contributed by atoms with van der Waals surface area (Å²) in [6.45, 7) is 5.40. The molecule has 1 amide bonds. The molecule has 1 atom stereocenters. The first-order valence-corrected chi connectivity index (χ1v) is 7.94. The number of amides is 1. The predicted octanol–water partition coefficient (Wildman–Crippen LogP) is 1.57. The van der Waals surface area contributed by atoms with Gasteiger partial charge in [-0.25, -0.2) is 4.98 Å². The molecule has 1 fully saturated rings. The second kappa shape index (κ2) is 4.70. The second-order valence-corrected chi connectivity index (χ2v) is 7.16. The van der Waals surface area contributed by atoms with E-state index >= 15 is 0 Å². The van der Waals surface area contributed by atoms with E-state index in [1.54, 1.807) is 16.2 Å². The average molecular weight is 295 g/mol. The van der Waals surface area contributed by atoms with E-state index in [9.17, 15) is 9.90 Å². The normalized spacial score (nSPS) is 25.8. The van der Waals surface area contributed by atoms with E-state index in [0.717, 1.165) is 48.1 Å². The van der Waals surface area contributed by atoms with E-state index in [1.807, 2.05) is 20.9 Å². The molecule has 1 aromatic heterocycles. The van der Waals surface area contributed by atoms with Crippen molar-refractivity contribution in [1.82, 2.24) is 9.88 Å². The molecule has 0 spiro atoms. The molecule has 1 aliphatic heterocycles. The summed E-state index contributed by atoms with van der Waals surface area (Å²) in [6.07, 6.45) is 2.36. The molecule has 2 aliphatic rings. The number of rotatable bonds is 1. The Morgan fingerprint density at radius 3 is 2.85 bits per heavy atom. The number of aryl methyl sites for hydroxylation is 1. The minimum Gasteiger partial charge on any atom is -0.388 e. The molecule has 0 aromatic carbocycles. The van der Waals surface area contributed by atoms with Crippen LogP contribution in [0.25, 0.3) is 0 Å². The Morgan fingerprint density at radius 1 is 1.40 bits per heavy atom. The van der Waals surface area contributed by atoms with Gasteiger partial charge in [0.2, 0.25) is 5.91 Å². The van der Waals surface area contributed by atoms with Crippen LogP contribution in [0.15, 0.2) is 0 Å². The lowest BCUT2D eigenvalue weighted by Crippen LogP contribution is -2.62. The molecule has 110 valence electrons. The van der Waals surface area contributed by atoms with Crippen LogP contribution in [0.1, 0.15) is 43.4 Å². The van der Waals surface area contributed by atoms with Crippen molar-refractivity contribution >= 4 is 22.4 Å². The highest BCUT2D eigenvalue weighted by Gasteiger charge is 2.42. The van der Waals surface area contributed by atoms with Crippen LogP contribution in [0, 0.1) is 0 Å². The molecule has 2 heterocycles. The maximum Gasteiger partial charge on any atom is 0.247 e. The summed E-state index contributed by atoms with van der Waals surface area (Å²) in [6, 6.07) is 0. The Hall–Kier alpha value is -1.14. The Morgan fingerprint density at radius 2 is 2.15 bits per heavy atom. The third-order valence-electron chi connectivity index (χ3n) is 4.34. The van der Waals surface area contributed by atoms with Gasteiger partial charge in [0.25, 0.3) is 0 Å². The minimum absolute atomic E-state index is 0.123. The zero-order valence-corrected chi connectivity index (χ0v) is 13.0. The average Bonchev–Trinajstić information content (AvgIpc) is 2.81. The molecule has 1 unspecified atom stereocenters. The van der Waals surface area contributed by atoms with Gasteiger partial charge in [0.05, 0.1) is 16.7 Å². The monoisotopic (exact) mass is 295 g/mol. The summed E-state index contributed by atoms with van der Waals surface area (Å²) < 4.78 is 0. The second-order valence-electron chi connectivity index (χ2n) is 6.15. The quantitative estimate of drug-likeness (QED) is 0.854. The van der Waals surface area contributed by atoms with Crippen molar-refractivity contribution in [3.8, 4) is 0 Å². The van der Waals surface area contributed by atoms with Crippen molar-refractivity contribution in [3.05, 3.63) is 10.6 Å². The van der Waals surface area contributed by atoms with Crippen LogP contribution in [0.5, 0.6) is 0 Å². The molecule has 0 bridgehead atoms. The molecule has 1 N–H and O–H groups in total. The fourth-order valence-corrected chi connectivity index (χ4v) is 4.35. The molecule has 0 radical (unpaired) electrons. The number of aliphatic hydroxyl groups is 1. The van der Waals surface area contributed by atoms with Crippen LogP contribution in [0.3, 0.4) is 0 Å². The molecule has 1 aromatic rings. The van der Waals surface area contributed by atoms with E-state index in [2.05, 4.69) is 4.90 Å². The van der Waals surface area contributed by atoms with Gasteiger partial charge in [-0.3, -0.25) is 4.79 Å². The number of aromatic nitrogens is 1. The maximum atomic E-state index is 12.3. The van der Waals surface area contributed by atoms with Gasteiger partial charge < -0.3 is 14.9 Å². The third kappa shape index (κ3) is 2.02. The van der Waals surface area contributed by atoms with E-state index in [-0.39, 0.29) is 12.0 Å². The molecule has 6 heteroatoms. The number of carbonyl (C=O) groups excluding carboxylic acids is 1. The van der Waals surface area contributed by atoms with Crippen molar-refractivity contribution in [1.29, 1.82) is 0 Å². The summed E-state index contributed by atoms with van der Waals surface area (Å²) in [5.41, 5.74) is 0.448. The van der Waals surface area contributed by atoms with Gasteiger partial charge in [-0.15, -0.1) is 0 Å². The molecule has 20 heavy (non-hydrogen) atoms. The molecule has 1 saturated heterocycles. The Kier molecular flexibility index (Phi) is 3.25. The molecular weight excluding hydrogens is 274 g/mol. The first kappa shape index (κ1) is 13.8. The van der Waals surface area contributed by atoms with Gasteiger partial charge in [-0.05, 0) is 33.1 Å². The highest BCUT2D eigenvalue weighted by Crippen LogP contribution is 2.40. The Bertz CT molecular complexity index is 541. The van der Waals surface area contributed by atoms with E-state index < -0.39 is 5.54 Å². The van der Waals surface area contributed by atoms with Gasteiger partial charge in [0, 0.05) is 20.1 Å². The van der Waals surface area contributed by atoms with E-state index in [0.29, 0.717) is 0 Å².